The van der Waals surface area contributed by atoms with Gasteiger partial charge >= 0.3 is 0 Å². The van der Waals surface area contributed by atoms with Gasteiger partial charge in [-0.3, -0.25) is 0 Å². The second-order valence-electron chi connectivity index (χ2n) is 3.76. The van der Waals surface area contributed by atoms with Crippen molar-refractivity contribution < 1.29 is 10.3 Å². The van der Waals surface area contributed by atoms with Gasteiger partial charge in [-0.15, -0.1) is 0 Å². The number of amidine groups is 1. The predicted octanol–water partition coefficient (Wildman–Crippen LogP) is 0.908. The second-order valence-corrected chi connectivity index (χ2v) is 3.76. The largest absolute Gasteiger partial charge is 0.409 e. The summed E-state index contributed by atoms with van der Waals surface area (Å²) in [5.74, 6) is 0.0834. The molecule has 5 heteroatoms. The van der Waals surface area contributed by atoms with Crippen LogP contribution in [0.2, 0.25) is 0 Å². The summed E-state index contributed by atoms with van der Waals surface area (Å²) in [6.45, 7) is 5.30. The van der Waals surface area contributed by atoms with Gasteiger partial charge in [-0.2, -0.15) is 0 Å². The van der Waals surface area contributed by atoms with E-state index in [0.29, 0.717) is 12.1 Å². The third-order valence-electron chi connectivity index (χ3n) is 2.69. The minimum atomic E-state index is 0.0672. The second kappa shape index (κ2) is 6.10. The first-order chi connectivity index (χ1) is 8.15. The Morgan fingerprint density at radius 3 is 2.71 bits per heavy atom. The Morgan fingerprint density at radius 2 is 2.18 bits per heavy atom. The van der Waals surface area contributed by atoms with Crippen LogP contribution in [0.25, 0.3) is 0 Å². The average molecular weight is 237 g/mol. The van der Waals surface area contributed by atoms with E-state index in [2.05, 4.69) is 5.16 Å². The lowest BCUT2D eigenvalue weighted by molar-refractivity contribution is 0.302. The fourth-order valence-corrected chi connectivity index (χ4v) is 1.89. The molecule has 0 bridgehead atoms. The molecule has 94 valence electrons. The molecule has 0 aliphatic rings. The number of para-hydroxylation sites is 1. The zero-order valence-corrected chi connectivity index (χ0v) is 10.2. The molecule has 5 nitrogen and oxygen atoms in total. The van der Waals surface area contributed by atoms with Crippen molar-refractivity contribution in [1.29, 1.82) is 0 Å². The topological polar surface area (TPSA) is 82.1 Å². The number of aliphatic hydroxyl groups is 1. The molecule has 1 aromatic carbocycles. The maximum atomic E-state index is 9.05. The zero-order valence-electron chi connectivity index (χ0n) is 10.2. The van der Waals surface area contributed by atoms with Crippen molar-refractivity contribution >= 4 is 11.5 Å². The predicted molar refractivity (Wildman–Crippen MR) is 68.7 cm³/mol. The average Bonchev–Trinajstić information content (AvgIpc) is 2.35. The number of nitrogens with two attached hydrogens (primary N) is 1. The summed E-state index contributed by atoms with van der Waals surface area (Å²) in [5, 5.41) is 20.9. The summed E-state index contributed by atoms with van der Waals surface area (Å²) in [4.78, 5) is 2.00. The van der Waals surface area contributed by atoms with Crippen LogP contribution < -0.4 is 10.6 Å². The van der Waals surface area contributed by atoms with Gasteiger partial charge in [-0.05, 0) is 25.5 Å². The molecule has 0 spiro atoms. The third-order valence-corrected chi connectivity index (χ3v) is 2.69. The summed E-state index contributed by atoms with van der Waals surface area (Å²) >= 11 is 0. The number of anilines is 1. The smallest absolute Gasteiger partial charge is 0.172 e. The van der Waals surface area contributed by atoms with Crippen LogP contribution in [0.4, 0.5) is 5.69 Å². The lowest BCUT2D eigenvalue weighted by Crippen LogP contribution is -2.30. The molecule has 0 aromatic heterocycles. The van der Waals surface area contributed by atoms with E-state index in [1.54, 1.807) is 6.07 Å². The van der Waals surface area contributed by atoms with Crippen LogP contribution in [0, 0.1) is 6.92 Å². The number of hydrogen-bond acceptors (Lipinski definition) is 4. The fourth-order valence-electron chi connectivity index (χ4n) is 1.89. The van der Waals surface area contributed by atoms with Crippen LogP contribution >= 0.6 is 0 Å². The zero-order chi connectivity index (χ0) is 12.8. The van der Waals surface area contributed by atoms with E-state index >= 15 is 0 Å². The Labute approximate surface area is 101 Å². The highest BCUT2D eigenvalue weighted by Gasteiger charge is 2.14. The number of benzene rings is 1. The molecular weight excluding hydrogens is 218 g/mol. The van der Waals surface area contributed by atoms with E-state index in [4.69, 9.17) is 16.0 Å². The van der Waals surface area contributed by atoms with Gasteiger partial charge in [0.15, 0.2) is 5.84 Å². The van der Waals surface area contributed by atoms with Crippen LogP contribution in [0.3, 0.4) is 0 Å². The van der Waals surface area contributed by atoms with Crippen LogP contribution in [-0.4, -0.2) is 35.8 Å². The number of aliphatic hydroxyl groups excluding tert-OH is 1. The molecule has 0 radical (unpaired) electrons. The molecule has 0 aliphatic heterocycles. The number of aryl methyl sites for hydroxylation is 1. The quantitative estimate of drug-likeness (QED) is 0.308. The van der Waals surface area contributed by atoms with Gasteiger partial charge < -0.3 is 20.9 Å². The lowest BCUT2D eigenvalue weighted by Gasteiger charge is -2.26. The SMILES string of the molecule is CCN(CCO)c1c(C)cccc1/C(N)=N/O. The molecule has 0 saturated heterocycles. The number of hydrogen-bond donors (Lipinski definition) is 3. The third kappa shape index (κ3) is 2.88. The molecule has 0 atom stereocenters. The van der Waals surface area contributed by atoms with Crippen LogP contribution in [0.5, 0.6) is 0 Å². The minimum absolute atomic E-state index is 0.0672. The molecule has 1 rings (SSSR count). The Hall–Kier alpha value is -1.75. The molecule has 1 aromatic rings. The highest BCUT2D eigenvalue weighted by molar-refractivity contribution is 6.02. The molecule has 0 aliphatic carbocycles. The number of rotatable bonds is 5. The Kier molecular flexibility index (Phi) is 4.78. The van der Waals surface area contributed by atoms with E-state index in [1.165, 1.54) is 0 Å². The van der Waals surface area contributed by atoms with Crippen molar-refractivity contribution in [3.63, 3.8) is 0 Å². The standard InChI is InChI=1S/C12H19N3O2/c1-3-15(7-8-16)11-9(2)5-4-6-10(11)12(13)14-17/h4-6,16-17H,3,7-8H2,1-2H3,(H2,13,14). The van der Waals surface area contributed by atoms with E-state index in [-0.39, 0.29) is 12.4 Å². The number of oxime groups is 1. The van der Waals surface area contributed by atoms with E-state index in [9.17, 15) is 0 Å². The first-order valence-corrected chi connectivity index (χ1v) is 5.59. The molecule has 0 amide bonds. The summed E-state index contributed by atoms with van der Waals surface area (Å²) < 4.78 is 0. The van der Waals surface area contributed by atoms with Gasteiger partial charge in [0.1, 0.15) is 0 Å². The summed E-state index contributed by atoms with van der Waals surface area (Å²) in [5.41, 5.74) is 8.28. The summed E-state index contributed by atoms with van der Waals surface area (Å²) in [6, 6.07) is 5.62. The molecule has 0 fully saturated rings. The van der Waals surface area contributed by atoms with E-state index < -0.39 is 0 Å². The first kappa shape index (κ1) is 13.3. The molecular formula is C12H19N3O2. The van der Waals surface area contributed by atoms with Crippen LogP contribution in [0.15, 0.2) is 23.4 Å². The minimum Gasteiger partial charge on any atom is -0.409 e. The maximum Gasteiger partial charge on any atom is 0.172 e. The Balaban J connectivity index is 3.28. The highest BCUT2D eigenvalue weighted by atomic mass is 16.4. The Bertz CT molecular complexity index is 405. The van der Waals surface area contributed by atoms with Gasteiger partial charge in [-0.1, -0.05) is 17.3 Å². The molecule has 0 saturated carbocycles. The van der Waals surface area contributed by atoms with Gasteiger partial charge in [0.2, 0.25) is 0 Å². The van der Waals surface area contributed by atoms with Crippen molar-refractivity contribution in [2.45, 2.75) is 13.8 Å². The van der Waals surface area contributed by atoms with E-state index in [0.717, 1.165) is 17.8 Å². The van der Waals surface area contributed by atoms with Crippen molar-refractivity contribution in [3.05, 3.63) is 29.3 Å². The van der Waals surface area contributed by atoms with Gasteiger partial charge in [0.05, 0.1) is 12.3 Å². The van der Waals surface area contributed by atoms with Gasteiger partial charge in [0, 0.05) is 18.7 Å². The monoisotopic (exact) mass is 237 g/mol. The van der Waals surface area contributed by atoms with Crippen molar-refractivity contribution in [2.24, 2.45) is 10.9 Å². The first-order valence-electron chi connectivity index (χ1n) is 5.59. The summed E-state index contributed by atoms with van der Waals surface area (Å²) in [7, 11) is 0. The van der Waals surface area contributed by atoms with Crippen molar-refractivity contribution in [3.8, 4) is 0 Å². The molecule has 4 N–H and O–H groups in total. The lowest BCUT2D eigenvalue weighted by atomic mass is 10.1. The van der Waals surface area contributed by atoms with Crippen LogP contribution in [-0.2, 0) is 0 Å². The molecule has 0 unspecified atom stereocenters. The Morgan fingerprint density at radius 1 is 1.47 bits per heavy atom. The highest BCUT2D eigenvalue weighted by Crippen LogP contribution is 2.24. The number of nitrogens with zero attached hydrogens (tertiary/aromatic N) is 2. The number of likely N-dealkylation sites (N-methyl/N-ethyl adjacent to an activating group) is 1. The van der Waals surface area contributed by atoms with Gasteiger partial charge in [-0.25, -0.2) is 0 Å². The summed E-state index contributed by atoms with van der Waals surface area (Å²) in [6.07, 6.45) is 0. The van der Waals surface area contributed by atoms with E-state index in [1.807, 2.05) is 30.9 Å². The fraction of sp³-hybridized carbons (Fsp3) is 0.417. The van der Waals surface area contributed by atoms with Crippen LogP contribution in [0.1, 0.15) is 18.1 Å². The normalized spacial score (nSPS) is 11.6. The van der Waals surface area contributed by atoms with Crippen molar-refractivity contribution in [2.75, 3.05) is 24.6 Å². The maximum absolute atomic E-state index is 9.05. The van der Waals surface area contributed by atoms with Gasteiger partial charge in [0.25, 0.3) is 0 Å². The molecule has 0 heterocycles. The molecule has 17 heavy (non-hydrogen) atoms. The van der Waals surface area contributed by atoms with Crippen molar-refractivity contribution in [1.82, 2.24) is 0 Å².